The summed E-state index contributed by atoms with van der Waals surface area (Å²) < 4.78 is 5.68. The van der Waals surface area contributed by atoms with Gasteiger partial charge in [-0.25, -0.2) is 0 Å². The molecule has 146 valence electrons. The van der Waals surface area contributed by atoms with Crippen molar-refractivity contribution in [3.63, 3.8) is 0 Å². The predicted molar refractivity (Wildman–Crippen MR) is 114 cm³/mol. The van der Waals surface area contributed by atoms with Crippen molar-refractivity contribution in [1.29, 1.82) is 0 Å². The third kappa shape index (κ3) is 4.94. The molecule has 2 atom stereocenters. The van der Waals surface area contributed by atoms with Crippen molar-refractivity contribution < 1.29 is 9.21 Å². The molecular formula is C21H22ClN3O2S. The summed E-state index contributed by atoms with van der Waals surface area (Å²) in [6.07, 6.45) is 1.01. The van der Waals surface area contributed by atoms with Crippen LogP contribution in [0, 0.1) is 0 Å². The monoisotopic (exact) mass is 415 g/mol. The Morgan fingerprint density at radius 2 is 1.86 bits per heavy atom. The third-order valence-corrected chi connectivity index (χ3v) is 5.69. The van der Waals surface area contributed by atoms with E-state index in [1.165, 1.54) is 11.8 Å². The van der Waals surface area contributed by atoms with Gasteiger partial charge in [-0.2, -0.15) is 0 Å². The van der Waals surface area contributed by atoms with Crippen LogP contribution in [-0.2, 0) is 4.79 Å². The van der Waals surface area contributed by atoms with E-state index in [4.69, 9.17) is 16.0 Å². The highest BCUT2D eigenvalue weighted by Gasteiger charge is 2.20. The van der Waals surface area contributed by atoms with Crippen molar-refractivity contribution in [2.75, 3.05) is 5.32 Å². The van der Waals surface area contributed by atoms with Gasteiger partial charge in [0.1, 0.15) is 0 Å². The maximum Gasteiger partial charge on any atom is 0.277 e. The van der Waals surface area contributed by atoms with Crippen LogP contribution in [0.4, 0.5) is 5.69 Å². The lowest BCUT2D eigenvalue weighted by molar-refractivity contribution is -0.115. The van der Waals surface area contributed by atoms with Crippen molar-refractivity contribution in [3.8, 4) is 11.5 Å². The van der Waals surface area contributed by atoms with Gasteiger partial charge in [-0.15, -0.1) is 10.2 Å². The standard InChI is InChI=1S/C21H22ClN3O2S/c1-4-13(2)17-7-5-6-8-18(17)23-19(26)14(3)28-21-25-24-20(27-21)15-9-11-16(22)12-10-15/h5-14H,4H2,1-3H3,(H,23,26)/t13-,14-/m0/s1. The van der Waals surface area contributed by atoms with Crippen molar-refractivity contribution in [2.24, 2.45) is 0 Å². The highest BCUT2D eigenvalue weighted by atomic mass is 35.5. The molecule has 3 aromatic rings. The first-order valence-electron chi connectivity index (χ1n) is 9.13. The molecule has 2 aromatic carbocycles. The smallest absolute Gasteiger partial charge is 0.277 e. The number of nitrogens with one attached hydrogen (secondary N) is 1. The van der Waals surface area contributed by atoms with Gasteiger partial charge in [0.2, 0.25) is 11.8 Å². The number of rotatable bonds is 7. The minimum Gasteiger partial charge on any atom is -0.411 e. The number of benzene rings is 2. The van der Waals surface area contributed by atoms with Gasteiger partial charge in [-0.05, 0) is 55.2 Å². The number of amides is 1. The Kier molecular flexibility index (Phi) is 6.75. The number of aromatic nitrogens is 2. The number of carbonyl (C=O) groups is 1. The number of anilines is 1. The molecule has 0 fully saturated rings. The van der Waals surface area contributed by atoms with E-state index < -0.39 is 0 Å². The average Bonchev–Trinajstić information content (AvgIpc) is 3.16. The lowest BCUT2D eigenvalue weighted by Gasteiger charge is -2.17. The van der Waals surface area contributed by atoms with Gasteiger partial charge in [-0.3, -0.25) is 4.79 Å². The van der Waals surface area contributed by atoms with E-state index in [0.29, 0.717) is 22.1 Å². The largest absolute Gasteiger partial charge is 0.411 e. The summed E-state index contributed by atoms with van der Waals surface area (Å²) in [6.45, 7) is 6.10. The normalized spacial score (nSPS) is 13.1. The zero-order valence-corrected chi connectivity index (χ0v) is 17.6. The number of carbonyl (C=O) groups excluding carboxylic acids is 1. The molecule has 0 aliphatic rings. The molecule has 0 radical (unpaired) electrons. The first-order valence-corrected chi connectivity index (χ1v) is 10.4. The van der Waals surface area contributed by atoms with Gasteiger partial charge < -0.3 is 9.73 Å². The molecule has 0 saturated carbocycles. The fraction of sp³-hybridized carbons (Fsp3) is 0.286. The van der Waals surface area contributed by atoms with E-state index in [-0.39, 0.29) is 11.2 Å². The fourth-order valence-electron chi connectivity index (χ4n) is 2.67. The molecule has 7 heteroatoms. The minimum absolute atomic E-state index is 0.105. The Balaban J connectivity index is 1.66. The number of nitrogens with zero attached hydrogens (tertiary/aromatic N) is 2. The number of halogens is 1. The average molecular weight is 416 g/mol. The Morgan fingerprint density at radius 3 is 2.57 bits per heavy atom. The first-order chi connectivity index (χ1) is 13.5. The maximum atomic E-state index is 12.7. The molecule has 1 N–H and O–H groups in total. The Hall–Kier alpha value is -2.31. The zero-order chi connectivity index (χ0) is 20.1. The van der Waals surface area contributed by atoms with Crippen LogP contribution < -0.4 is 5.32 Å². The van der Waals surface area contributed by atoms with Crippen molar-refractivity contribution >= 4 is 35.0 Å². The number of hydrogen-bond donors (Lipinski definition) is 1. The lowest BCUT2D eigenvalue weighted by Crippen LogP contribution is -2.23. The fourth-order valence-corrected chi connectivity index (χ4v) is 3.48. The second-order valence-corrected chi connectivity index (χ2v) is 8.25. The first kappa shape index (κ1) is 20.4. The highest BCUT2D eigenvalue weighted by Crippen LogP contribution is 2.29. The van der Waals surface area contributed by atoms with Gasteiger partial charge in [0, 0.05) is 16.3 Å². The van der Waals surface area contributed by atoms with Crippen LogP contribution in [0.25, 0.3) is 11.5 Å². The van der Waals surface area contributed by atoms with Crippen molar-refractivity contribution in [3.05, 3.63) is 59.1 Å². The lowest BCUT2D eigenvalue weighted by atomic mass is 9.97. The van der Waals surface area contributed by atoms with Crippen LogP contribution in [0.15, 0.2) is 58.2 Å². The number of thioether (sulfide) groups is 1. The van der Waals surface area contributed by atoms with Crippen molar-refractivity contribution in [2.45, 2.75) is 43.6 Å². The van der Waals surface area contributed by atoms with Gasteiger partial charge in [0.25, 0.3) is 5.22 Å². The quantitative estimate of drug-likeness (QED) is 0.477. The maximum absolute atomic E-state index is 12.7. The molecule has 28 heavy (non-hydrogen) atoms. The Morgan fingerprint density at radius 1 is 1.14 bits per heavy atom. The van der Waals surface area contributed by atoms with Crippen LogP contribution in [0.5, 0.6) is 0 Å². The summed E-state index contributed by atoms with van der Waals surface area (Å²) in [5.41, 5.74) is 2.77. The van der Waals surface area contributed by atoms with Crippen LogP contribution in [0.1, 0.15) is 38.7 Å². The summed E-state index contributed by atoms with van der Waals surface area (Å²) in [4.78, 5) is 12.7. The van der Waals surface area contributed by atoms with Gasteiger partial charge in [0.05, 0.1) is 5.25 Å². The summed E-state index contributed by atoms with van der Waals surface area (Å²) in [5.74, 6) is 0.665. The second kappa shape index (κ2) is 9.26. The molecule has 0 unspecified atom stereocenters. The molecule has 3 rings (SSSR count). The Labute approximate surface area is 173 Å². The molecule has 0 bridgehead atoms. The van der Waals surface area contributed by atoms with Crippen molar-refractivity contribution in [1.82, 2.24) is 10.2 Å². The van der Waals surface area contributed by atoms with Crippen LogP contribution >= 0.6 is 23.4 Å². The zero-order valence-electron chi connectivity index (χ0n) is 16.0. The minimum atomic E-state index is -0.386. The second-order valence-electron chi connectivity index (χ2n) is 6.53. The van der Waals surface area contributed by atoms with E-state index in [0.717, 1.165) is 23.2 Å². The van der Waals surface area contributed by atoms with E-state index in [1.807, 2.05) is 37.3 Å². The van der Waals surface area contributed by atoms with Crippen LogP contribution in [-0.4, -0.2) is 21.4 Å². The van der Waals surface area contributed by atoms with Crippen LogP contribution in [0.2, 0.25) is 5.02 Å². The van der Waals surface area contributed by atoms with Crippen LogP contribution in [0.3, 0.4) is 0 Å². The molecule has 0 saturated heterocycles. The summed E-state index contributed by atoms with van der Waals surface area (Å²) in [6, 6.07) is 15.1. The van der Waals surface area contributed by atoms with E-state index in [1.54, 1.807) is 12.1 Å². The predicted octanol–water partition coefficient (Wildman–Crippen LogP) is 6.02. The molecular weight excluding hydrogens is 394 g/mol. The third-order valence-electron chi connectivity index (χ3n) is 4.51. The molecule has 1 amide bonds. The summed E-state index contributed by atoms with van der Waals surface area (Å²) in [5, 5.41) is 11.7. The molecule has 0 aliphatic heterocycles. The Bertz CT molecular complexity index is 943. The topological polar surface area (TPSA) is 68.0 Å². The SMILES string of the molecule is CC[C@H](C)c1ccccc1NC(=O)[C@H](C)Sc1nnc(-c2ccc(Cl)cc2)o1. The number of para-hydroxylation sites is 1. The van der Waals surface area contributed by atoms with E-state index in [9.17, 15) is 4.79 Å². The molecule has 1 aromatic heterocycles. The number of hydrogen-bond acceptors (Lipinski definition) is 5. The molecule has 1 heterocycles. The summed E-state index contributed by atoms with van der Waals surface area (Å²) in [7, 11) is 0. The van der Waals surface area contributed by atoms with Gasteiger partial charge in [-0.1, -0.05) is 55.4 Å². The molecule has 5 nitrogen and oxygen atoms in total. The van der Waals surface area contributed by atoms with Gasteiger partial charge in [0.15, 0.2) is 0 Å². The highest BCUT2D eigenvalue weighted by molar-refractivity contribution is 8.00. The van der Waals surface area contributed by atoms with E-state index >= 15 is 0 Å². The van der Waals surface area contributed by atoms with Gasteiger partial charge >= 0.3 is 0 Å². The molecule has 0 aliphatic carbocycles. The summed E-state index contributed by atoms with van der Waals surface area (Å²) >= 11 is 7.13. The van der Waals surface area contributed by atoms with E-state index in [2.05, 4.69) is 35.4 Å². The molecule has 0 spiro atoms.